The fraction of sp³-hybridized carbons (Fsp3) is 0.875. The van der Waals surface area contributed by atoms with Crippen molar-refractivity contribution < 1.29 is 9.90 Å². The first-order valence-electron chi connectivity index (χ1n) is 4.25. The number of nitrogens with one attached hydrogen (secondary N) is 1. The van der Waals surface area contributed by atoms with E-state index in [2.05, 4.69) is 5.32 Å². The molecule has 1 aliphatic heterocycles. The van der Waals surface area contributed by atoms with Crippen LogP contribution < -0.4 is 5.32 Å². The number of rotatable bonds is 1. The van der Waals surface area contributed by atoms with Crippen LogP contribution in [0.25, 0.3) is 0 Å². The number of carboxylic acids is 1. The average molecular weight is 155 g/mol. The molecule has 1 saturated carbocycles. The van der Waals surface area contributed by atoms with Gasteiger partial charge in [0.2, 0.25) is 0 Å². The van der Waals surface area contributed by atoms with Gasteiger partial charge in [0.05, 0.1) is 5.92 Å². The summed E-state index contributed by atoms with van der Waals surface area (Å²) < 4.78 is 0. The van der Waals surface area contributed by atoms with E-state index >= 15 is 0 Å². The Labute approximate surface area is 65.8 Å². The van der Waals surface area contributed by atoms with Crippen LogP contribution in [0.4, 0.5) is 0 Å². The molecule has 0 aromatic rings. The Morgan fingerprint density at radius 2 is 2.27 bits per heavy atom. The molecule has 3 nitrogen and oxygen atoms in total. The fourth-order valence-electron chi connectivity index (χ4n) is 2.42. The zero-order chi connectivity index (χ0) is 7.84. The standard InChI is InChI=1S/C8H13NO2/c10-8(11)6-4-9-7-3-1-2-5(6)7/h5-7,9H,1-4H2,(H,10,11). The summed E-state index contributed by atoms with van der Waals surface area (Å²) in [6.07, 6.45) is 3.48. The molecule has 0 radical (unpaired) electrons. The van der Waals surface area contributed by atoms with Gasteiger partial charge in [0.25, 0.3) is 0 Å². The van der Waals surface area contributed by atoms with Crippen LogP contribution >= 0.6 is 0 Å². The van der Waals surface area contributed by atoms with Gasteiger partial charge in [0, 0.05) is 12.6 Å². The second-order valence-electron chi connectivity index (χ2n) is 3.55. The van der Waals surface area contributed by atoms with Crippen LogP contribution in [0.2, 0.25) is 0 Å². The lowest BCUT2D eigenvalue weighted by Gasteiger charge is -2.11. The highest BCUT2D eigenvalue weighted by atomic mass is 16.4. The quantitative estimate of drug-likeness (QED) is 0.578. The first-order valence-corrected chi connectivity index (χ1v) is 4.25. The molecule has 1 saturated heterocycles. The van der Waals surface area contributed by atoms with Crippen LogP contribution in [-0.4, -0.2) is 23.7 Å². The van der Waals surface area contributed by atoms with Gasteiger partial charge in [-0.2, -0.15) is 0 Å². The molecule has 1 aliphatic carbocycles. The van der Waals surface area contributed by atoms with Gasteiger partial charge in [0.15, 0.2) is 0 Å². The molecule has 2 aliphatic rings. The molecule has 3 atom stereocenters. The van der Waals surface area contributed by atoms with Gasteiger partial charge in [-0.25, -0.2) is 0 Å². The molecule has 1 heterocycles. The fourth-order valence-corrected chi connectivity index (χ4v) is 2.42. The van der Waals surface area contributed by atoms with E-state index < -0.39 is 5.97 Å². The minimum Gasteiger partial charge on any atom is -0.481 e. The van der Waals surface area contributed by atoms with E-state index in [0.29, 0.717) is 18.5 Å². The summed E-state index contributed by atoms with van der Waals surface area (Å²) in [7, 11) is 0. The first kappa shape index (κ1) is 7.10. The third-order valence-corrected chi connectivity index (χ3v) is 3.00. The van der Waals surface area contributed by atoms with Crippen molar-refractivity contribution in [2.24, 2.45) is 11.8 Å². The van der Waals surface area contributed by atoms with Crippen LogP contribution in [-0.2, 0) is 4.79 Å². The van der Waals surface area contributed by atoms with Crippen molar-refractivity contribution in [1.29, 1.82) is 0 Å². The third-order valence-electron chi connectivity index (χ3n) is 3.00. The molecule has 2 fully saturated rings. The third kappa shape index (κ3) is 1.03. The van der Waals surface area contributed by atoms with Crippen molar-refractivity contribution in [3.05, 3.63) is 0 Å². The maximum atomic E-state index is 10.7. The van der Waals surface area contributed by atoms with Crippen LogP contribution in [0.15, 0.2) is 0 Å². The van der Waals surface area contributed by atoms with E-state index in [1.54, 1.807) is 0 Å². The molecule has 0 bridgehead atoms. The molecule has 62 valence electrons. The van der Waals surface area contributed by atoms with E-state index in [4.69, 9.17) is 5.11 Å². The molecule has 3 unspecified atom stereocenters. The largest absolute Gasteiger partial charge is 0.481 e. The van der Waals surface area contributed by atoms with Gasteiger partial charge in [-0.1, -0.05) is 6.42 Å². The number of fused-ring (bicyclic) bond motifs is 1. The summed E-state index contributed by atoms with van der Waals surface area (Å²) in [4.78, 5) is 10.7. The molecular formula is C8H13NO2. The first-order chi connectivity index (χ1) is 5.29. The minimum atomic E-state index is -0.619. The topological polar surface area (TPSA) is 49.3 Å². The van der Waals surface area contributed by atoms with E-state index in [9.17, 15) is 4.79 Å². The zero-order valence-corrected chi connectivity index (χ0v) is 6.42. The number of hydrogen-bond donors (Lipinski definition) is 2. The Balaban J connectivity index is 2.08. The van der Waals surface area contributed by atoms with Crippen LogP contribution in [0.3, 0.4) is 0 Å². The van der Waals surface area contributed by atoms with Crippen molar-refractivity contribution in [3.8, 4) is 0 Å². The summed E-state index contributed by atoms with van der Waals surface area (Å²) >= 11 is 0. The van der Waals surface area contributed by atoms with Crippen LogP contribution in [0.5, 0.6) is 0 Å². The Bertz CT molecular complexity index is 181. The van der Waals surface area contributed by atoms with Gasteiger partial charge in [0.1, 0.15) is 0 Å². The molecule has 0 aromatic carbocycles. The van der Waals surface area contributed by atoms with Crippen molar-refractivity contribution in [3.63, 3.8) is 0 Å². The molecule has 11 heavy (non-hydrogen) atoms. The van der Waals surface area contributed by atoms with E-state index in [-0.39, 0.29) is 5.92 Å². The van der Waals surface area contributed by atoms with Crippen molar-refractivity contribution in [2.75, 3.05) is 6.54 Å². The highest BCUT2D eigenvalue weighted by molar-refractivity contribution is 5.71. The van der Waals surface area contributed by atoms with Gasteiger partial charge >= 0.3 is 5.97 Å². The molecule has 2 N–H and O–H groups in total. The molecule has 0 amide bonds. The Hall–Kier alpha value is -0.570. The second kappa shape index (κ2) is 2.48. The average Bonchev–Trinajstić information content (AvgIpc) is 2.41. The van der Waals surface area contributed by atoms with Gasteiger partial charge in [-0.05, 0) is 18.8 Å². The number of hydrogen-bond acceptors (Lipinski definition) is 2. The lowest BCUT2D eigenvalue weighted by Crippen LogP contribution is -2.22. The highest BCUT2D eigenvalue weighted by Gasteiger charge is 2.42. The van der Waals surface area contributed by atoms with Crippen LogP contribution in [0, 0.1) is 11.8 Å². The SMILES string of the molecule is O=C(O)C1CNC2CCCC21. The number of carbonyl (C=O) groups is 1. The zero-order valence-electron chi connectivity index (χ0n) is 6.42. The maximum absolute atomic E-state index is 10.7. The van der Waals surface area contributed by atoms with E-state index in [1.807, 2.05) is 0 Å². The van der Waals surface area contributed by atoms with Crippen LogP contribution in [0.1, 0.15) is 19.3 Å². The minimum absolute atomic E-state index is 0.109. The van der Waals surface area contributed by atoms with Crippen molar-refractivity contribution >= 4 is 5.97 Å². The smallest absolute Gasteiger partial charge is 0.308 e. The van der Waals surface area contributed by atoms with Gasteiger partial charge in [-0.3, -0.25) is 4.79 Å². The molecule has 2 rings (SSSR count). The molecular weight excluding hydrogens is 142 g/mol. The molecule has 0 spiro atoms. The summed E-state index contributed by atoms with van der Waals surface area (Å²) in [5.41, 5.74) is 0. The Morgan fingerprint density at radius 1 is 1.45 bits per heavy atom. The number of aliphatic carboxylic acids is 1. The Morgan fingerprint density at radius 3 is 3.00 bits per heavy atom. The monoisotopic (exact) mass is 155 g/mol. The summed E-state index contributed by atoms with van der Waals surface area (Å²) in [5.74, 6) is -0.304. The predicted octanol–water partition coefficient (Wildman–Crippen LogP) is 0.459. The van der Waals surface area contributed by atoms with E-state index in [0.717, 1.165) is 6.42 Å². The second-order valence-corrected chi connectivity index (χ2v) is 3.55. The van der Waals surface area contributed by atoms with Crippen molar-refractivity contribution in [1.82, 2.24) is 5.32 Å². The predicted molar refractivity (Wildman–Crippen MR) is 40.3 cm³/mol. The summed E-state index contributed by atoms with van der Waals surface area (Å²) in [6, 6.07) is 0.510. The lowest BCUT2D eigenvalue weighted by molar-refractivity contribution is -0.142. The summed E-state index contributed by atoms with van der Waals surface area (Å²) in [5, 5.41) is 12.1. The number of carboxylic acid groups (broad SMARTS) is 1. The van der Waals surface area contributed by atoms with Gasteiger partial charge < -0.3 is 10.4 Å². The lowest BCUT2D eigenvalue weighted by atomic mass is 9.93. The molecule has 3 heteroatoms. The summed E-state index contributed by atoms with van der Waals surface area (Å²) in [6.45, 7) is 0.685. The maximum Gasteiger partial charge on any atom is 0.308 e. The Kier molecular flexibility index (Phi) is 1.60. The van der Waals surface area contributed by atoms with E-state index in [1.165, 1.54) is 12.8 Å². The highest BCUT2D eigenvalue weighted by Crippen LogP contribution is 2.35. The van der Waals surface area contributed by atoms with Gasteiger partial charge in [-0.15, -0.1) is 0 Å². The normalized spacial score (nSPS) is 42.4. The van der Waals surface area contributed by atoms with Crippen molar-refractivity contribution in [2.45, 2.75) is 25.3 Å². The molecule has 0 aromatic heterocycles.